The average molecular weight is 251 g/mol. The Morgan fingerprint density at radius 1 is 1.28 bits per heavy atom. The molecule has 1 fully saturated rings. The fraction of sp³-hybridized carbons (Fsp3) is 0.875. The second-order valence-corrected chi connectivity index (χ2v) is 6.55. The summed E-state index contributed by atoms with van der Waals surface area (Å²) in [4.78, 5) is 0. The molecular weight excluding hydrogens is 222 g/mol. The van der Waals surface area contributed by atoms with E-state index in [1.165, 1.54) is 25.7 Å². The van der Waals surface area contributed by atoms with Crippen LogP contribution in [0, 0.1) is 17.8 Å². The van der Waals surface area contributed by atoms with E-state index < -0.39 is 0 Å². The molecule has 1 saturated carbocycles. The number of rotatable bonds is 4. The minimum Gasteiger partial charge on any atom is -0.497 e. The molecule has 2 aliphatic rings. The highest BCUT2D eigenvalue weighted by atomic mass is 16.5. The predicted octanol–water partition coefficient (Wildman–Crippen LogP) is 3.73. The minimum atomic E-state index is 0.389. The van der Waals surface area contributed by atoms with Crippen LogP contribution in [0.5, 0.6) is 0 Å². The first-order valence-electron chi connectivity index (χ1n) is 7.70. The van der Waals surface area contributed by atoms with Crippen molar-refractivity contribution in [3.63, 3.8) is 0 Å². The molecule has 104 valence electrons. The third-order valence-electron chi connectivity index (χ3n) is 4.65. The molecule has 18 heavy (non-hydrogen) atoms. The van der Waals surface area contributed by atoms with Crippen molar-refractivity contribution in [3.05, 3.63) is 12.3 Å². The van der Waals surface area contributed by atoms with Crippen LogP contribution in [0.3, 0.4) is 0 Å². The molecule has 0 saturated heterocycles. The Balaban J connectivity index is 1.82. The summed E-state index contributed by atoms with van der Waals surface area (Å²) in [5.74, 6) is 2.52. The van der Waals surface area contributed by atoms with E-state index in [-0.39, 0.29) is 0 Å². The van der Waals surface area contributed by atoms with Crippen molar-refractivity contribution in [3.8, 4) is 0 Å². The fourth-order valence-electron chi connectivity index (χ4n) is 3.45. The Labute approximate surface area is 112 Å². The van der Waals surface area contributed by atoms with Crippen molar-refractivity contribution in [2.24, 2.45) is 17.8 Å². The van der Waals surface area contributed by atoms with Crippen molar-refractivity contribution in [1.29, 1.82) is 0 Å². The van der Waals surface area contributed by atoms with E-state index >= 15 is 0 Å². The van der Waals surface area contributed by atoms with Gasteiger partial charge in [-0.05, 0) is 49.5 Å². The van der Waals surface area contributed by atoms with Crippen molar-refractivity contribution in [2.75, 3.05) is 6.54 Å². The first-order chi connectivity index (χ1) is 8.66. The highest BCUT2D eigenvalue weighted by Crippen LogP contribution is 2.33. The zero-order valence-corrected chi connectivity index (χ0v) is 12.2. The molecule has 0 amide bonds. The van der Waals surface area contributed by atoms with Gasteiger partial charge in [0.05, 0.1) is 6.26 Å². The van der Waals surface area contributed by atoms with Crippen LogP contribution in [0.4, 0.5) is 0 Å². The molecule has 0 aromatic heterocycles. The summed E-state index contributed by atoms with van der Waals surface area (Å²) >= 11 is 0. The molecule has 2 nitrogen and oxygen atoms in total. The average Bonchev–Trinajstić information content (AvgIpc) is 2.37. The van der Waals surface area contributed by atoms with Crippen molar-refractivity contribution in [2.45, 2.75) is 65.0 Å². The van der Waals surface area contributed by atoms with Gasteiger partial charge >= 0.3 is 0 Å². The third kappa shape index (κ3) is 3.74. The highest BCUT2D eigenvalue weighted by Gasteiger charge is 2.30. The van der Waals surface area contributed by atoms with E-state index in [1.807, 2.05) is 6.26 Å². The summed E-state index contributed by atoms with van der Waals surface area (Å²) in [7, 11) is 0. The Kier molecular flexibility index (Phi) is 5.11. The van der Waals surface area contributed by atoms with Gasteiger partial charge in [-0.2, -0.15) is 0 Å². The number of hydrogen-bond acceptors (Lipinski definition) is 2. The summed E-state index contributed by atoms with van der Waals surface area (Å²) < 4.78 is 5.65. The SMILES string of the molecule is CC1CCC(C(C)C)C(NCC2CCC=CO2)C1. The first kappa shape index (κ1) is 13.9. The van der Waals surface area contributed by atoms with E-state index in [1.54, 1.807) is 0 Å². The van der Waals surface area contributed by atoms with Crippen LogP contribution in [0.1, 0.15) is 52.9 Å². The van der Waals surface area contributed by atoms with Gasteiger partial charge in [-0.1, -0.05) is 27.2 Å². The number of allylic oxidation sites excluding steroid dienone is 1. The highest BCUT2D eigenvalue weighted by molar-refractivity contribution is 4.88. The fourth-order valence-corrected chi connectivity index (χ4v) is 3.45. The normalized spacial score (nSPS) is 36.7. The van der Waals surface area contributed by atoms with Crippen LogP contribution < -0.4 is 5.32 Å². The molecule has 1 aliphatic heterocycles. The van der Waals surface area contributed by atoms with Gasteiger partial charge in [-0.25, -0.2) is 0 Å². The van der Waals surface area contributed by atoms with E-state index in [4.69, 9.17) is 4.74 Å². The smallest absolute Gasteiger partial charge is 0.110 e. The Hall–Kier alpha value is -0.500. The number of nitrogens with one attached hydrogen (secondary N) is 1. The molecule has 0 aromatic rings. The maximum absolute atomic E-state index is 5.65. The second-order valence-electron chi connectivity index (χ2n) is 6.55. The van der Waals surface area contributed by atoms with Crippen LogP contribution in [0.15, 0.2) is 12.3 Å². The number of ether oxygens (including phenoxy) is 1. The second kappa shape index (κ2) is 6.60. The van der Waals surface area contributed by atoms with Gasteiger partial charge in [-0.3, -0.25) is 0 Å². The zero-order chi connectivity index (χ0) is 13.0. The molecule has 1 heterocycles. The minimum absolute atomic E-state index is 0.389. The molecule has 2 heteroatoms. The van der Waals surface area contributed by atoms with Gasteiger partial charge < -0.3 is 10.1 Å². The molecule has 4 unspecified atom stereocenters. The van der Waals surface area contributed by atoms with Crippen molar-refractivity contribution < 1.29 is 4.74 Å². The largest absolute Gasteiger partial charge is 0.497 e. The lowest BCUT2D eigenvalue weighted by atomic mass is 9.74. The topological polar surface area (TPSA) is 21.3 Å². The summed E-state index contributed by atoms with van der Waals surface area (Å²) in [6.45, 7) is 8.15. The summed E-state index contributed by atoms with van der Waals surface area (Å²) in [6.07, 6.45) is 10.9. The predicted molar refractivity (Wildman–Crippen MR) is 76.4 cm³/mol. The van der Waals surface area contributed by atoms with Crippen LogP contribution in [0.2, 0.25) is 0 Å². The molecule has 0 aromatic carbocycles. The molecule has 4 atom stereocenters. The molecule has 0 spiro atoms. The van der Waals surface area contributed by atoms with E-state index in [9.17, 15) is 0 Å². The van der Waals surface area contributed by atoms with E-state index in [0.717, 1.165) is 30.7 Å². The molecule has 0 bridgehead atoms. The van der Waals surface area contributed by atoms with Gasteiger partial charge in [-0.15, -0.1) is 0 Å². The lowest BCUT2D eigenvalue weighted by molar-refractivity contribution is 0.101. The lowest BCUT2D eigenvalue weighted by Gasteiger charge is -2.38. The first-order valence-corrected chi connectivity index (χ1v) is 7.70. The maximum Gasteiger partial charge on any atom is 0.110 e. The van der Waals surface area contributed by atoms with E-state index in [2.05, 4.69) is 32.2 Å². The molecule has 2 rings (SSSR count). The maximum atomic E-state index is 5.65. The Morgan fingerprint density at radius 2 is 2.11 bits per heavy atom. The van der Waals surface area contributed by atoms with Crippen LogP contribution in [-0.2, 0) is 4.74 Å². The quantitative estimate of drug-likeness (QED) is 0.822. The standard InChI is InChI=1S/C16H29NO/c1-12(2)15-8-7-13(3)10-16(15)17-11-14-6-4-5-9-18-14/h5,9,12-17H,4,6-8,10-11H2,1-3H3. The van der Waals surface area contributed by atoms with Gasteiger partial charge in [0.25, 0.3) is 0 Å². The number of hydrogen-bond donors (Lipinski definition) is 1. The zero-order valence-electron chi connectivity index (χ0n) is 12.2. The summed E-state index contributed by atoms with van der Waals surface area (Å²) in [5, 5.41) is 3.79. The van der Waals surface area contributed by atoms with E-state index in [0.29, 0.717) is 12.1 Å². The van der Waals surface area contributed by atoms with Crippen LogP contribution in [-0.4, -0.2) is 18.7 Å². The summed E-state index contributed by atoms with van der Waals surface area (Å²) in [5.41, 5.74) is 0. The molecular formula is C16H29NO. The van der Waals surface area contributed by atoms with Crippen molar-refractivity contribution >= 4 is 0 Å². The Bertz CT molecular complexity index is 274. The van der Waals surface area contributed by atoms with Gasteiger partial charge in [0.2, 0.25) is 0 Å². The van der Waals surface area contributed by atoms with Crippen LogP contribution in [0.25, 0.3) is 0 Å². The van der Waals surface area contributed by atoms with Gasteiger partial charge in [0.15, 0.2) is 0 Å². The monoisotopic (exact) mass is 251 g/mol. The summed E-state index contributed by atoms with van der Waals surface area (Å²) in [6, 6.07) is 0.697. The van der Waals surface area contributed by atoms with Crippen molar-refractivity contribution in [1.82, 2.24) is 5.32 Å². The lowest BCUT2D eigenvalue weighted by Crippen LogP contribution is -2.45. The van der Waals surface area contributed by atoms with Gasteiger partial charge in [0, 0.05) is 12.6 Å². The van der Waals surface area contributed by atoms with Gasteiger partial charge in [0.1, 0.15) is 6.10 Å². The molecule has 1 aliphatic carbocycles. The molecule has 1 N–H and O–H groups in total. The Morgan fingerprint density at radius 3 is 2.78 bits per heavy atom. The van der Waals surface area contributed by atoms with Crippen LogP contribution >= 0.6 is 0 Å². The molecule has 0 radical (unpaired) electrons. The third-order valence-corrected chi connectivity index (χ3v) is 4.65.